The van der Waals surface area contributed by atoms with E-state index < -0.39 is 0 Å². The van der Waals surface area contributed by atoms with Crippen LogP contribution in [0.3, 0.4) is 0 Å². The molecule has 0 spiro atoms. The number of piperidine rings is 1. The van der Waals surface area contributed by atoms with Gasteiger partial charge in [-0.3, -0.25) is 9.78 Å². The van der Waals surface area contributed by atoms with Gasteiger partial charge in [0.1, 0.15) is 5.82 Å². The summed E-state index contributed by atoms with van der Waals surface area (Å²) in [5, 5.41) is 5.20. The van der Waals surface area contributed by atoms with Crippen LogP contribution in [0.5, 0.6) is 0 Å². The van der Waals surface area contributed by atoms with Gasteiger partial charge < -0.3 is 15.5 Å². The highest BCUT2D eigenvalue weighted by Crippen LogP contribution is 2.33. The highest BCUT2D eigenvalue weighted by Gasteiger charge is 2.32. The Balaban J connectivity index is 1.48. The van der Waals surface area contributed by atoms with E-state index >= 15 is 0 Å². The zero-order chi connectivity index (χ0) is 22.4. The standard InChI is InChI=1S/C23H28ClN7O/c1-14-12-31-21(27-22(14)29-8-6-16(25)13-29)10-19(28-31)20-5-3-4-7-30(20)23(32)17-9-15(2)26-11-18(17)24/h9-12,16,20H,3-8,13,25H2,1-2H3/t16-,20-/m0/s1. The second-order valence-corrected chi connectivity index (χ2v) is 9.34. The van der Waals surface area contributed by atoms with Crippen LogP contribution in [0.4, 0.5) is 5.82 Å². The predicted octanol–water partition coefficient (Wildman–Crippen LogP) is 3.30. The number of halogens is 1. The number of hydrogen-bond acceptors (Lipinski definition) is 6. The van der Waals surface area contributed by atoms with Crippen molar-refractivity contribution in [3.8, 4) is 0 Å². The predicted molar refractivity (Wildman–Crippen MR) is 124 cm³/mol. The van der Waals surface area contributed by atoms with E-state index in [1.165, 1.54) is 0 Å². The first-order valence-electron chi connectivity index (χ1n) is 11.2. The van der Waals surface area contributed by atoms with Crippen LogP contribution in [0.1, 0.15) is 59.0 Å². The van der Waals surface area contributed by atoms with Gasteiger partial charge in [0.25, 0.3) is 5.91 Å². The summed E-state index contributed by atoms with van der Waals surface area (Å²) in [5.74, 6) is 0.894. The molecule has 0 unspecified atom stereocenters. The molecule has 5 rings (SSSR count). The Morgan fingerprint density at radius 1 is 1.19 bits per heavy atom. The van der Waals surface area contributed by atoms with Crippen LogP contribution in [-0.2, 0) is 0 Å². The fraction of sp³-hybridized carbons (Fsp3) is 0.478. The third-order valence-corrected chi connectivity index (χ3v) is 6.78. The lowest BCUT2D eigenvalue weighted by atomic mass is 9.98. The normalized spacial score (nSPS) is 21.5. The van der Waals surface area contributed by atoms with E-state index in [0.29, 0.717) is 17.1 Å². The summed E-state index contributed by atoms with van der Waals surface area (Å²) in [6.45, 7) is 6.34. The van der Waals surface area contributed by atoms with Crippen molar-refractivity contribution in [2.45, 2.75) is 51.6 Å². The number of fused-ring (bicyclic) bond motifs is 1. The van der Waals surface area contributed by atoms with Gasteiger partial charge in [-0.15, -0.1) is 0 Å². The number of carbonyl (C=O) groups excluding carboxylic acids is 1. The molecule has 0 bridgehead atoms. The maximum atomic E-state index is 13.4. The van der Waals surface area contributed by atoms with Crippen molar-refractivity contribution >= 4 is 29.0 Å². The molecule has 2 N–H and O–H groups in total. The maximum Gasteiger partial charge on any atom is 0.256 e. The highest BCUT2D eigenvalue weighted by molar-refractivity contribution is 6.33. The minimum atomic E-state index is -0.105. The Bertz CT molecular complexity index is 1180. The lowest BCUT2D eigenvalue weighted by Gasteiger charge is -2.35. The van der Waals surface area contributed by atoms with E-state index in [1.54, 1.807) is 12.3 Å². The van der Waals surface area contributed by atoms with Crippen LogP contribution in [-0.4, -0.2) is 56.1 Å². The monoisotopic (exact) mass is 453 g/mol. The summed E-state index contributed by atoms with van der Waals surface area (Å²) in [7, 11) is 0. The SMILES string of the molecule is Cc1cc(C(=O)N2CCCC[C@H]2c2cc3nc(N4CC[C@H](N)C4)c(C)cn3n2)c(Cl)cn1. The van der Waals surface area contributed by atoms with Crippen LogP contribution < -0.4 is 10.6 Å². The first-order valence-corrected chi connectivity index (χ1v) is 11.6. The van der Waals surface area contributed by atoms with Crippen molar-refractivity contribution in [2.75, 3.05) is 24.5 Å². The maximum absolute atomic E-state index is 13.4. The number of aromatic nitrogens is 4. The molecule has 0 aliphatic carbocycles. The zero-order valence-electron chi connectivity index (χ0n) is 18.5. The number of anilines is 1. The second-order valence-electron chi connectivity index (χ2n) is 8.93. The molecule has 0 aromatic carbocycles. The van der Waals surface area contributed by atoms with Gasteiger partial charge in [0.2, 0.25) is 0 Å². The van der Waals surface area contributed by atoms with Crippen LogP contribution in [0, 0.1) is 13.8 Å². The summed E-state index contributed by atoms with van der Waals surface area (Å²) in [6, 6.07) is 3.86. The molecule has 5 heterocycles. The largest absolute Gasteiger partial charge is 0.355 e. The van der Waals surface area contributed by atoms with E-state index in [0.717, 1.165) is 67.2 Å². The number of nitrogens with two attached hydrogens (primary N) is 1. The molecule has 0 saturated carbocycles. The van der Waals surface area contributed by atoms with Crippen molar-refractivity contribution < 1.29 is 4.79 Å². The van der Waals surface area contributed by atoms with Gasteiger partial charge in [-0.25, -0.2) is 9.50 Å². The molecule has 2 saturated heterocycles. The number of aryl methyl sites for hydroxylation is 2. The van der Waals surface area contributed by atoms with E-state index in [9.17, 15) is 4.79 Å². The van der Waals surface area contributed by atoms with Gasteiger partial charge in [-0.05, 0) is 45.6 Å². The molecule has 3 aromatic heterocycles. The molecule has 1 amide bonds. The highest BCUT2D eigenvalue weighted by atomic mass is 35.5. The number of rotatable bonds is 3. The smallest absolute Gasteiger partial charge is 0.256 e. The van der Waals surface area contributed by atoms with Gasteiger partial charge in [-0.2, -0.15) is 5.10 Å². The van der Waals surface area contributed by atoms with Crippen molar-refractivity contribution in [2.24, 2.45) is 5.73 Å². The Hall–Kier alpha value is -2.71. The van der Waals surface area contributed by atoms with Gasteiger partial charge >= 0.3 is 0 Å². The molecule has 2 aliphatic heterocycles. The molecule has 168 valence electrons. The van der Waals surface area contributed by atoms with E-state index in [1.807, 2.05) is 28.6 Å². The summed E-state index contributed by atoms with van der Waals surface area (Å²) >= 11 is 6.32. The molecule has 2 fully saturated rings. The van der Waals surface area contributed by atoms with Crippen molar-refractivity contribution in [3.63, 3.8) is 0 Å². The summed E-state index contributed by atoms with van der Waals surface area (Å²) in [4.78, 5) is 26.7. The average Bonchev–Trinajstić information content (AvgIpc) is 3.40. The molecular formula is C23H28ClN7O. The van der Waals surface area contributed by atoms with Gasteiger partial charge in [0.15, 0.2) is 5.65 Å². The summed E-state index contributed by atoms with van der Waals surface area (Å²) in [5.41, 5.74) is 10.1. The van der Waals surface area contributed by atoms with Crippen molar-refractivity contribution in [1.29, 1.82) is 0 Å². The molecule has 8 nitrogen and oxygen atoms in total. The first kappa shape index (κ1) is 21.2. The number of pyridine rings is 1. The lowest BCUT2D eigenvalue weighted by Crippen LogP contribution is -2.39. The van der Waals surface area contributed by atoms with Gasteiger partial charge in [0, 0.05) is 55.4 Å². The fourth-order valence-electron chi connectivity index (χ4n) is 4.83. The Kier molecular flexibility index (Phi) is 5.51. The average molecular weight is 454 g/mol. The Labute approximate surface area is 192 Å². The third kappa shape index (κ3) is 3.82. The van der Waals surface area contributed by atoms with Crippen LogP contribution in [0.15, 0.2) is 24.5 Å². The third-order valence-electron chi connectivity index (χ3n) is 6.48. The van der Waals surface area contributed by atoms with Crippen LogP contribution in [0.25, 0.3) is 5.65 Å². The quantitative estimate of drug-likeness (QED) is 0.654. The second kappa shape index (κ2) is 8.33. The van der Waals surface area contributed by atoms with E-state index in [2.05, 4.69) is 16.8 Å². The number of likely N-dealkylation sites (tertiary alicyclic amines) is 1. The number of amides is 1. The van der Waals surface area contributed by atoms with Gasteiger partial charge in [0.05, 0.1) is 22.3 Å². The molecule has 2 aliphatic rings. The van der Waals surface area contributed by atoms with Crippen LogP contribution >= 0.6 is 11.6 Å². The molecule has 2 atom stereocenters. The zero-order valence-corrected chi connectivity index (χ0v) is 19.2. The minimum absolute atomic E-state index is 0.0712. The van der Waals surface area contributed by atoms with Crippen LogP contribution in [0.2, 0.25) is 5.02 Å². The Morgan fingerprint density at radius 2 is 2.03 bits per heavy atom. The van der Waals surface area contributed by atoms with Gasteiger partial charge in [-0.1, -0.05) is 11.6 Å². The topological polar surface area (TPSA) is 92.7 Å². The summed E-state index contributed by atoms with van der Waals surface area (Å²) < 4.78 is 1.82. The van der Waals surface area contributed by atoms with Crippen molar-refractivity contribution in [1.82, 2.24) is 24.5 Å². The van der Waals surface area contributed by atoms with Crippen molar-refractivity contribution in [3.05, 3.63) is 52.1 Å². The Morgan fingerprint density at radius 3 is 2.81 bits per heavy atom. The first-order chi connectivity index (χ1) is 15.4. The summed E-state index contributed by atoms with van der Waals surface area (Å²) in [6.07, 6.45) is 7.43. The number of nitrogens with zero attached hydrogens (tertiary/aromatic N) is 6. The van der Waals surface area contributed by atoms with E-state index in [-0.39, 0.29) is 18.0 Å². The number of carbonyl (C=O) groups is 1. The molecule has 3 aromatic rings. The molecule has 9 heteroatoms. The van der Waals surface area contributed by atoms with E-state index in [4.69, 9.17) is 27.4 Å². The molecule has 32 heavy (non-hydrogen) atoms. The fourth-order valence-corrected chi connectivity index (χ4v) is 5.01. The number of hydrogen-bond donors (Lipinski definition) is 1. The molecule has 0 radical (unpaired) electrons. The lowest BCUT2D eigenvalue weighted by molar-refractivity contribution is 0.0605. The molecular weight excluding hydrogens is 426 g/mol. The minimum Gasteiger partial charge on any atom is -0.355 e.